The normalized spacial score (nSPS) is 24.2. The smallest absolute Gasteiger partial charge is 0.231 e. The van der Waals surface area contributed by atoms with Crippen LogP contribution in [0.2, 0.25) is 0 Å². The Hall–Kier alpha value is -1.88. The first kappa shape index (κ1) is 15.6. The molecule has 0 unspecified atom stereocenters. The van der Waals surface area contributed by atoms with Gasteiger partial charge in [-0.05, 0) is 30.2 Å². The quantitative estimate of drug-likeness (QED) is 0.877. The van der Waals surface area contributed by atoms with Crippen LogP contribution >= 0.6 is 11.3 Å². The number of hydrogen-bond donors (Lipinski definition) is 2. The van der Waals surface area contributed by atoms with Crippen LogP contribution in [0, 0.1) is 5.41 Å². The fraction of sp³-hybridized carbons (Fsp3) is 0.474. The van der Waals surface area contributed by atoms with Crippen molar-refractivity contribution in [3.63, 3.8) is 0 Å². The number of thiazole rings is 1. The lowest BCUT2D eigenvalue weighted by atomic mass is 9.84. The van der Waals surface area contributed by atoms with Gasteiger partial charge in [-0.2, -0.15) is 0 Å². The Labute approximate surface area is 146 Å². The summed E-state index contributed by atoms with van der Waals surface area (Å²) < 4.78 is 0. The highest BCUT2D eigenvalue weighted by atomic mass is 32.1. The van der Waals surface area contributed by atoms with Crippen molar-refractivity contribution in [2.24, 2.45) is 5.41 Å². The molecule has 24 heavy (non-hydrogen) atoms. The van der Waals surface area contributed by atoms with Crippen molar-refractivity contribution < 1.29 is 4.79 Å². The SMILES string of the molecule is Nc1nc(CCNC(=O)[C@@]2(c3ccccc3)CC23CCCC3)cs1. The number of nitrogens with zero attached hydrogens (tertiary/aromatic N) is 1. The zero-order valence-electron chi connectivity index (χ0n) is 13.8. The number of rotatable bonds is 5. The molecule has 2 aliphatic carbocycles. The lowest BCUT2D eigenvalue weighted by Crippen LogP contribution is -2.39. The molecule has 4 rings (SSSR count). The molecule has 1 spiro atoms. The molecular formula is C19H23N3OS. The first-order chi connectivity index (χ1) is 11.7. The Balaban J connectivity index is 1.49. The topological polar surface area (TPSA) is 68.0 Å². The Morgan fingerprint density at radius 1 is 1.25 bits per heavy atom. The van der Waals surface area contributed by atoms with Gasteiger partial charge in [0.25, 0.3) is 0 Å². The van der Waals surface area contributed by atoms with E-state index in [1.807, 2.05) is 23.6 Å². The van der Waals surface area contributed by atoms with Crippen LogP contribution in [0.4, 0.5) is 5.13 Å². The summed E-state index contributed by atoms with van der Waals surface area (Å²) in [4.78, 5) is 17.4. The van der Waals surface area contributed by atoms with Gasteiger partial charge in [0.1, 0.15) is 0 Å². The van der Waals surface area contributed by atoms with Crippen molar-refractivity contribution in [2.45, 2.75) is 43.9 Å². The summed E-state index contributed by atoms with van der Waals surface area (Å²) in [7, 11) is 0. The maximum absolute atomic E-state index is 13.1. The predicted octanol–water partition coefficient (Wildman–Crippen LogP) is 3.29. The third-order valence-electron chi connectivity index (χ3n) is 5.83. The van der Waals surface area contributed by atoms with E-state index in [1.54, 1.807) is 0 Å². The molecule has 2 aromatic rings. The Morgan fingerprint density at radius 2 is 2.00 bits per heavy atom. The number of benzene rings is 1. The van der Waals surface area contributed by atoms with Crippen molar-refractivity contribution >= 4 is 22.4 Å². The molecule has 1 aromatic carbocycles. The maximum atomic E-state index is 13.1. The summed E-state index contributed by atoms with van der Waals surface area (Å²) in [5.74, 6) is 0.193. The van der Waals surface area contributed by atoms with E-state index in [0.29, 0.717) is 11.7 Å². The Bertz CT molecular complexity index is 736. The molecule has 0 radical (unpaired) electrons. The largest absolute Gasteiger partial charge is 0.375 e. The summed E-state index contributed by atoms with van der Waals surface area (Å²) in [6, 6.07) is 10.3. The number of anilines is 1. The minimum atomic E-state index is -0.314. The molecule has 0 bridgehead atoms. The van der Waals surface area contributed by atoms with Crippen molar-refractivity contribution in [2.75, 3.05) is 12.3 Å². The Kier molecular flexibility index (Phi) is 3.83. The van der Waals surface area contributed by atoms with Crippen LogP contribution in [-0.2, 0) is 16.6 Å². The standard InChI is InChI=1S/C19H23N3OS/c20-17-22-15(12-24-17)8-11-21-16(23)19(14-6-2-1-3-7-14)13-18(19)9-4-5-10-18/h1-3,6-7,12H,4-5,8-11,13H2,(H2,20,22)(H,21,23)/t19-/m0/s1. The molecule has 1 atom stereocenters. The fourth-order valence-corrected chi connectivity index (χ4v) is 5.19. The number of nitrogens with one attached hydrogen (secondary N) is 1. The van der Waals surface area contributed by atoms with Crippen molar-refractivity contribution in [3.8, 4) is 0 Å². The second-order valence-electron chi connectivity index (χ2n) is 7.12. The number of hydrogen-bond acceptors (Lipinski definition) is 4. The number of carbonyl (C=O) groups is 1. The third-order valence-corrected chi connectivity index (χ3v) is 6.56. The molecule has 5 heteroatoms. The van der Waals surface area contributed by atoms with Crippen LogP contribution in [0.5, 0.6) is 0 Å². The van der Waals surface area contributed by atoms with Crippen molar-refractivity contribution in [1.29, 1.82) is 0 Å². The van der Waals surface area contributed by atoms with Crippen LogP contribution in [0.15, 0.2) is 35.7 Å². The van der Waals surface area contributed by atoms with Gasteiger partial charge in [0.2, 0.25) is 5.91 Å². The minimum absolute atomic E-state index is 0.193. The average molecular weight is 341 g/mol. The number of amides is 1. The molecule has 3 N–H and O–H groups in total. The zero-order chi connectivity index (χ0) is 16.6. The van der Waals surface area contributed by atoms with Crippen LogP contribution in [0.25, 0.3) is 0 Å². The van der Waals surface area contributed by atoms with Gasteiger partial charge in [-0.1, -0.05) is 43.2 Å². The van der Waals surface area contributed by atoms with Crippen LogP contribution in [-0.4, -0.2) is 17.4 Å². The summed E-state index contributed by atoms with van der Waals surface area (Å²) in [5, 5.41) is 5.73. The van der Waals surface area contributed by atoms with E-state index >= 15 is 0 Å². The monoisotopic (exact) mass is 341 g/mol. The van der Waals surface area contributed by atoms with Gasteiger partial charge in [0.15, 0.2) is 5.13 Å². The minimum Gasteiger partial charge on any atom is -0.375 e. The number of aromatic nitrogens is 1. The van der Waals surface area contributed by atoms with E-state index in [1.165, 1.54) is 42.6 Å². The summed E-state index contributed by atoms with van der Waals surface area (Å²) in [5.41, 5.74) is 7.69. The highest BCUT2D eigenvalue weighted by Crippen LogP contribution is 2.72. The van der Waals surface area contributed by atoms with Crippen molar-refractivity contribution in [3.05, 3.63) is 47.0 Å². The van der Waals surface area contributed by atoms with Crippen LogP contribution in [0.3, 0.4) is 0 Å². The van der Waals surface area contributed by atoms with Crippen molar-refractivity contribution in [1.82, 2.24) is 10.3 Å². The molecule has 2 saturated carbocycles. The second-order valence-corrected chi connectivity index (χ2v) is 8.01. The lowest BCUT2D eigenvalue weighted by molar-refractivity contribution is -0.124. The van der Waals surface area contributed by atoms with Gasteiger partial charge < -0.3 is 11.1 Å². The first-order valence-corrected chi connectivity index (χ1v) is 9.58. The number of nitrogens with two attached hydrogens (primary N) is 1. The number of nitrogen functional groups attached to an aromatic ring is 1. The zero-order valence-corrected chi connectivity index (χ0v) is 14.6. The van der Waals surface area contributed by atoms with Gasteiger partial charge >= 0.3 is 0 Å². The summed E-state index contributed by atoms with van der Waals surface area (Å²) in [6.45, 7) is 0.618. The highest BCUT2D eigenvalue weighted by Gasteiger charge is 2.72. The maximum Gasteiger partial charge on any atom is 0.231 e. The molecule has 2 aliphatic rings. The van der Waals surface area contributed by atoms with E-state index in [-0.39, 0.29) is 16.7 Å². The lowest BCUT2D eigenvalue weighted by Gasteiger charge is -2.22. The summed E-state index contributed by atoms with van der Waals surface area (Å²) >= 11 is 1.45. The van der Waals surface area contributed by atoms with Gasteiger partial charge in [-0.3, -0.25) is 4.79 Å². The van der Waals surface area contributed by atoms with Gasteiger partial charge in [0.05, 0.1) is 11.1 Å². The number of carbonyl (C=O) groups excluding carboxylic acids is 1. The average Bonchev–Trinajstić information content (AvgIpc) is 2.88. The molecule has 126 valence electrons. The van der Waals surface area contributed by atoms with Gasteiger partial charge in [-0.25, -0.2) is 4.98 Å². The summed E-state index contributed by atoms with van der Waals surface area (Å²) in [6.07, 6.45) is 6.59. The third kappa shape index (κ3) is 2.42. The first-order valence-electron chi connectivity index (χ1n) is 8.70. The molecule has 1 amide bonds. The predicted molar refractivity (Wildman–Crippen MR) is 96.9 cm³/mol. The highest BCUT2D eigenvalue weighted by molar-refractivity contribution is 7.13. The molecule has 4 nitrogen and oxygen atoms in total. The van der Waals surface area contributed by atoms with E-state index in [9.17, 15) is 4.79 Å². The molecule has 2 fully saturated rings. The van der Waals surface area contributed by atoms with E-state index in [2.05, 4.69) is 22.4 Å². The Morgan fingerprint density at radius 3 is 2.67 bits per heavy atom. The second kappa shape index (κ2) is 5.88. The van der Waals surface area contributed by atoms with Crippen LogP contribution < -0.4 is 11.1 Å². The van der Waals surface area contributed by atoms with E-state index in [4.69, 9.17) is 5.73 Å². The molecule has 0 saturated heterocycles. The van der Waals surface area contributed by atoms with Crippen LogP contribution in [0.1, 0.15) is 43.4 Å². The van der Waals surface area contributed by atoms with E-state index < -0.39 is 0 Å². The molecule has 1 heterocycles. The molecule has 0 aliphatic heterocycles. The van der Waals surface area contributed by atoms with E-state index in [0.717, 1.165) is 18.5 Å². The van der Waals surface area contributed by atoms with Gasteiger partial charge in [0, 0.05) is 18.3 Å². The molecule has 1 aromatic heterocycles. The molecular weight excluding hydrogens is 318 g/mol. The fourth-order valence-electron chi connectivity index (χ4n) is 4.59. The van der Waals surface area contributed by atoms with Gasteiger partial charge in [-0.15, -0.1) is 11.3 Å².